The Bertz CT molecular complexity index is 1240. The molecule has 8 heteroatoms. The van der Waals surface area contributed by atoms with Crippen molar-refractivity contribution in [3.8, 4) is 5.75 Å². The van der Waals surface area contributed by atoms with Crippen molar-refractivity contribution in [1.82, 2.24) is 5.32 Å². The van der Waals surface area contributed by atoms with E-state index in [2.05, 4.69) is 29.4 Å². The minimum Gasteiger partial charge on any atom is -0.497 e. The van der Waals surface area contributed by atoms with Crippen LogP contribution in [0, 0.1) is 0 Å². The fourth-order valence-corrected chi connectivity index (χ4v) is 4.33. The van der Waals surface area contributed by atoms with Gasteiger partial charge in [0.25, 0.3) is 0 Å². The summed E-state index contributed by atoms with van der Waals surface area (Å²) in [5, 5.41) is 12.2. The topological polar surface area (TPSA) is 86.3 Å². The van der Waals surface area contributed by atoms with Gasteiger partial charge in [0.1, 0.15) is 11.5 Å². The molecule has 0 aliphatic carbocycles. The number of hydrogen-bond acceptors (Lipinski definition) is 6. The zero-order chi connectivity index (χ0) is 25.7. The molecule has 2 N–H and O–H groups in total. The van der Waals surface area contributed by atoms with Gasteiger partial charge in [0.2, 0.25) is 11.6 Å². The highest BCUT2D eigenvalue weighted by Crippen LogP contribution is 2.32. The van der Waals surface area contributed by atoms with E-state index in [1.54, 1.807) is 31.4 Å². The van der Waals surface area contributed by atoms with Gasteiger partial charge in [-0.25, -0.2) is 0 Å². The average Bonchev–Trinajstić information content (AvgIpc) is 3.17. The largest absolute Gasteiger partial charge is 0.497 e. The van der Waals surface area contributed by atoms with Crippen molar-refractivity contribution in [3.05, 3.63) is 84.4 Å². The van der Waals surface area contributed by atoms with Crippen LogP contribution in [0.15, 0.2) is 84.0 Å². The maximum Gasteiger partial charge on any atom is 0.300 e. The van der Waals surface area contributed by atoms with E-state index in [0.29, 0.717) is 28.4 Å². The van der Waals surface area contributed by atoms with Gasteiger partial charge >= 0.3 is 5.91 Å². The second-order valence-corrected chi connectivity index (χ2v) is 8.40. The number of hydrazone groups is 1. The molecule has 3 aromatic rings. The zero-order valence-electron chi connectivity index (χ0n) is 21.0. The summed E-state index contributed by atoms with van der Waals surface area (Å²) in [5.41, 5.74) is 1.77. The maximum atomic E-state index is 14.0. The van der Waals surface area contributed by atoms with Crippen molar-refractivity contribution in [2.75, 3.05) is 35.4 Å². The molecule has 0 saturated heterocycles. The molecular formula is C28H31N5O3. The highest BCUT2D eigenvalue weighted by molar-refractivity contribution is 6.30. The van der Waals surface area contributed by atoms with E-state index < -0.39 is 11.6 Å². The number of carbonyl (C=O) groups is 2. The third-order valence-electron chi connectivity index (χ3n) is 6.12. The molecule has 0 bridgehead atoms. The first-order valence-corrected chi connectivity index (χ1v) is 12.0. The maximum absolute atomic E-state index is 14.0. The zero-order valence-corrected chi connectivity index (χ0v) is 21.0. The van der Waals surface area contributed by atoms with E-state index >= 15 is 0 Å². The molecule has 0 spiro atoms. The lowest BCUT2D eigenvalue weighted by atomic mass is 9.95. The Kier molecular flexibility index (Phi) is 7.24. The molecule has 1 aliphatic rings. The minimum absolute atomic E-state index is 0.369. The first kappa shape index (κ1) is 24.8. The molecular weight excluding hydrogens is 454 g/mol. The third kappa shape index (κ3) is 4.75. The summed E-state index contributed by atoms with van der Waals surface area (Å²) in [7, 11) is 1.59. The number of benzene rings is 3. The van der Waals surface area contributed by atoms with Crippen LogP contribution >= 0.6 is 0 Å². The van der Waals surface area contributed by atoms with E-state index in [4.69, 9.17) is 9.84 Å². The first-order valence-electron chi connectivity index (χ1n) is 12.0. The molecule has 8 nitrogen and oxygen atoms in total. The number of carbonyl (C=O) groups excluding carboxylic acids is 2. The van der Waals surface area contributed by atoms with Crippen LogP contribution in [0.3, 0.4) is 0 Å². The Morgan fingerprint density at radius 1 is 0.972 bits per heavy atom. The van der Waals surface area contributed by atoms with E-state index in [1.165, 1.54) is 11.9 Å². The smallest absolute Gasteiger partial charge is 0.300 e. The number of ether oxygens (including phenoxy) is 1. The van der Waals surface area contributed by atoms with Crippen LogP contribution in [0.4, 0.5) is 17.1 Å². The van der Waals surface area contributed by atoms with Crippen LogP contribution in [-0.2, 0) is 9.59 Å². The highest BCUT2D eigenvalue weighted by atomic mass is 16.5. The minimum atomic E-state index is -1.62. The molecule has 36 heavy (non-hydrogen) atoms. The van der Waals surface area contributed by atoms with E-state index in [9.17, 15) is 9.59 Å². The molecule has 0 saturated carbocycles. The van der Waals surface area contributed by atoms with Crippen molar-refractivity contribution in [2.45, 2.75) is 26.4 Å². The monoisotopic (exact) mass is 485 g/mol. The lowest BCUT2D eigenvalue weighted by Gasteiger charge is -2.32. The summed E-state index contributed by atoms with van der Waals surface area (Å²) in [6, 6.07) is 24.2. The number of hydrogen-bond donors (Lipinski definition) is 2. The predicted octanol–water partition coefficient (Wildman–Crippen LogP) is 4.24. The van der Waals surface area contributed by atoms with Gasteiger partial charge in [0, 0.05) is 37.0 Å². The highest BCUT2D eigenvalue weighted by Gasteiger charge is 2.53. The molecule has 1 heterocycles. The number of para-hydroxylation sites is 1. The molecule has 2 amide bonds. The fourth-order valence-electron chi connectivity index (χ4n) is 4.33. The molecule has 186 valence electrons. The van der Waals surface area contributed by atoms with Crippen LogP contribution in [0.5, 0.6) is 5.75 Å². The number of amides is 2. The normalized spacial score (nSPS) is 16.9. The second kappa shape index (κ2) is 10.5. The second-order valence-electron chi connectivity index (χ2n) is 8.40. The summed E-state index contributed by atoms with van der Waals surface area (Å²) in [6.45, 7) is 7.37. The van der Waals surface area contributed by atoms with Gasteiger partial charge in [-0.2, -0.15) is 10.1 Å². The Balaban J connectivity index is 1.81. The van der Waals surface area contributed by atoms with E-state index in [1.807, 2.05) is 54.6 Å². The molecule has 1 unspecified atom stereocenters. The molecule has 4 rings (SSSR count). The van der Waals surface area contributed by atoms with Gasteiger partial charge in [-0.15, -0.1) is 0 Å². The number of anilines is 3. The Morgan fingerprint density at radius 3 is 2.17 bits per heavy atom. The third-order valence-corrected chi connectivity index (χ3v) is 6.12. The summed E-state index contributed by atoms with van der Waals surface area (Å²) >= 11 is 0. The van der Waals surface area contributed by atoms with Gasteiger partial charge in [-0.05, 0) is 74.5 Å². The van der Waals surface area contributed by atoms with Crippen molar-refractivity contribution < 1.29 is 14.3 Å². The summed E-state index contributed by atoms with van der Waals surface area (Å²) in [5.74, 6) is -0.108. The summed E-state index contributed by atoms with van der Waals surface area (Å²) in [4.78, 5) is 28.8. The van der Waals surface area contributed by atoms with E-state index in [0.717, 1.165) is 18.8 Å². The molecule has 1 atom stereocenters. The SMILES string of the molecule is CCN(CC)c1ccc(NC2(NC(C)=O)C(=O)N(c3ccccc3)N=C2c2ccc(OC)cc2)cc1. The number of nitrogens with one attached hydrogen (secondary N) is 2. The lowest BCUT2D eigenvalue weighted by Crippen LogP contribution is -2.64. The Hall–Kier alpha value is -4.33. The van der Waals surface area contributed by atoms with Crippen LogP contribution in [-0.4, -0.2) is 43.4 Å². The van der Waals surface area contributed by atoms with Gasteiger partial charge in [-0.1, -0.05) is 18.2 Å². The van der Waals surface area contributed by atoms with Crippen LogP contribution in [0.1, 0.15) is 26.3 Å². The van der Waals surface area contributed by atoms with E-state index in [-0.39, 0.29) is 5.91 Å². The Labute approximate surface area is 211 Å². The summed E-state index contributed by atoms with van der Waals surface area (Å²) < 4.78 is 5.30. The van der Waals surface area contributed by atoms with Gasteiger partial charge < -0.3 is 20.3 Å². The van der Waals surface area contributed by atoms with Gasteiger partial charge in [0.05, 0.1) is 12.8 Å². The standard InChI is InChI=1S/C28H31N5O3/c1-5-32(6-2)23-16-14-22(15-17-23)30-28(29-20(3)34)26(21-12-18-25(36-4)19-13-21)31-33(27(28)35)24-10-8-7-9-11-24/h7-19,30H,5-6H2,1-4H3,(H,29,34). The number of nitrogens with zero attached hydrogens (tertiary/aromatic N) is 3. The number of rotatable bonds is 9. The average molecular weight is 486 g/mol. The quantitative estimate of drug-likeness (QED) is 0.443. The molecule has 0 fully saturated rings. The molecule has 1 aliphatic heterocycles. The molecule has 3 aromatic carbocycles. The lowest BCUT2D eigenvalue weighted by molar-refractivity contribution is -0.127. The van der Waals surface area contributed by atoms with Gasteiger partial charge in [0.15, 0.2) is 0 Å². The predicted molar refractivity (Wildman–Crippen MR) is 144 cm³/mol. The van der Waals surface area contributed by atoms with Crippen LogP contribution < -0.4 is 25.3 Å². The Morgan fingerprint density at radius 2 is 1.61 bits per heavy atom. The molecule has 0 radical (unpaired) electrons. The number of methoxy groups -OCH3 is 1. The molecule has 0 aromatic heterocycles. The first-order chi connectivity index (χ1) is 17.4. The van der Waals surface area contributed by atoms with Crippen molar-refractivity contribution >= 4 is 34.6 Å². The van der Waals surface area contributed by atoms with Crippen molar-refractivity contribution in [2.24, 2.45) is 5.10 Å². The van der Waals surface area contributed by atoms with Gasteiger partial charge in [-0.3, -0.25) is 9.59 Å². The fraction of sp³-hybridized carbons (Fsp3) is 0.250. The van der Waals surface area contributed by atoms with Crippen molar-refractivity contribution in [3.63, 3.8) is 0 Å². The van der Waals surface area contributed by atoms with Crippen LogP contribution in [0.25, 0.3) is 0 Å². The van der Waals surface area contributed by atoms with Crippen molar-refractivity contribution in [1.29, 1.82) is 0 Å². The van der Waals surface area contributed by atoms with Crippen LogP contribution in [0.2, 0.25) is 0 Å². The summed E-state index contributed by atoms with van der Waals surface area (Å²) in [6.07, 6.45) is 0.